The Bertz CT molecular complexity index is 193. The zero-order valence-corrected chi connectivity index (χ0v) is 8.25. The van der Waals surface area contributed by atoms with Crippen LogP contribution in [0, 0.1) is 16.7 Å². The van der Waals surface area contributed by atoms with Gasteiger partial charge in [-0.15, -0.1) is 13.2 Å². The second kappa shape index (κ2) is 6.45. The van der Waals surface area contributed by atoms with E-state index in [1.807, 2.05) is 0 Å². The Morgan fingerprint density at radius 1 is 1.38 bits per heavy atom. The van der Waals surface area contributed by atoms with Crippen molar-refractivity contribution >= 4 is 0 Å². The van der Waals surface area contributed by atoms with E-state index in [1.54, 1.807) is 19.3 Å². The average Bonchev–Trinajstić information content (AvgIpc) is 2.15. The number of rotatable bonds is 7. The molecule has 0 saturated carbocycles. The lowest BCUT2D eigenvalue weighted by atomic mass is 9.80. The van der Waals surface area contributed by atoms with Crippen LogP contribution in [0.25, 0.3) is 0 Å². The summed E-state index contributed by atoms with van der Waals surface area (Å²) in [6.45, 7) is 7.92. The van der Waals surface area contributed by atoms with Gasteiger partial charge in [-0.05, 0) is 19.3 Å². The van der Waals surface area contributed by atoms with Gasteiger partial charge >= 0.3 is 0 Å². The van der Waals surface area contributed by atoms with Crippen molar-refractivity contribution in [3.05, 3.63) is 25.3 Å². The lowest BCUT2D eigenvalue weighted by Gasteiger charge is -2.22. The quantitative estimate of drug-likeness (QED) is 0.563. The predicted octanol–water partition coefficient (Wildman–Crippen LogP) is 2.69. The third-order valence-corrected chi connectivity index (χ3v) is 2.09. The smallest absolute Gasteiger partial charge is 0.0697 e. The van der Waals surface area contributed by atoms with E-state index < -0.39 is 0 Å². The van der Waals surface area contributed by atoms with Gasteiger partial charge in [0.05, 0.1) is 11.5 Å². The molecule has 0 aliphatic rings. The minimum absolute atomic E-state index is 0.362. The third kappa shape index (κ3) is 3.91. The minimum Gasteiger partial charge on any atom is -0.385 e. The molecule has 0 fully saturated rings. The summed E-state index contributed by atoms with van der Waals surface area (Å²) in [6.07, 6.45) is 5.68. The maximum absolute atomic E-state index is 9.06. The number of nitrogens with zero attached hydrogens (tertiary/aromatic N) is 1. The Hall–Kier alpha value is -1.07. The number of allylic oxidation sites excluding steroid dienone is 2. The summed E-state index contributed by atoms with van der Waals surface area (Å²) in [4.78, 5) is 0. The second-order valence-corrected chi connectivity index (χ2v) is 3.12. The van der Waals surface area contributed by atoms with E-state index in [2.05, 4.69) is 19.2 Å². The maximum Gasteiger partial charge on any atom is 0.0697 e. The summed E-state index contributed by atoms with van der Waals surface area (Å²) in [7, 11) is 1.64. The standard InChI is InChI=1S/C11H17NO/c1-4-6-11(10-12,7-5-2)8-9-13-3/h4-5H,1-2,6-9H2,3H3. The summed E-state index contributed by atoms with van der Waals surface area (Å²) >= 11 is 0. The zero-order valence-electron chi connectivity index (χ0n) is 8.25. The van der Waals surface area contributed by atoms with Gasteiger partial charge in [0.15, 0.2) is 0 Å². The van der Waals surface area contributed by atoms with Gasteiger partial charge < -0.3 is 4.74 Å². The highest BCUT2D eigenvalue weighted by atomic mass is 16.5. The molecule has 0 bridgehead atoms. The Labute approximate surface area is 80.5 Å². The fourth-order valence-corrected chi connectivity index (χ4v) is 1.28. The monoisotopic (exact) mass is 179 g/mol. The molecule has 0 radical (unpaired) electrons. The SMILES string of the molecule is C=CCC(C#N)(CC=C)CCOC. The van der Waals surface area contributed by atoms with Crippen molar-refractivity contribution < 1.29 is 4.74 Å². The molecule has 0 unspecified atom stereocenters. The average molecular weight is 179 g/mol. The summed E-state index contributed by atoms with van der Waals surface area (Å²) in [5.41, 5.74) is -0.362. The first kappa shape index (κ1) is 11.9. The van der Waals surface area contributed by atoms with Gasteiger partial charge in [0.25, 0.3) is 0 Å². The van der Waals surface area contributed by atoms with Crippen molar-refractivity contribution in [2.75, 3.05) is 13.7 Å². The number of ether oxygens (including phenoxy) is 1. The van der Waals surface area contributed by atoms with E-state index in [-0.39, 0.29) is 5.41 Å². The normalized spacial score (nSPS) is 10.5. The van der Waals surface area contributed by atoms with Crippen molar-refractivity contribution in [2.45, 2.75) is 19.3 Å². The van der Waals surface area contributed by atoms with E-state index in [9.17, 15) is 0 Å². The molecule has 0 aromatic heterocycles. The molecule has 72 valence electrons. The molecule has 0 spiro atoms. The van der Waals surface area contributed by atoms with Crippen molar-refractivity contribution in [1.29, 1.82) is 5.26 Å². The summed E-state index contributed by atoms with van der Waals surface area (Å²) in [6, 6.07) is 2.33. The minimum atomic E-state index is -0.362. The lowest BCUT2D eigenvalue weighted by molar-refractivity contribution is 0.160. The molecule has 0 aromatic carbocycles. The maximum atomic E-state index is 9.06. The van der Waals surface area contributed by atoms with E-state index in [0.717, 1.165) is 6.42 Å². The molecule has 0 heterocycles. The van der Waals surface area contributed by atoms with Crippen LogP contribution < -0.4 is 0 Å². The molecular weight excluding hydrogens is 162 g/mol. The van der Waals surface area contributed by atoms with Crippen molar-refractivity contribution in [1.82, 2.24) is 0 Å². The molecule has 0 aliphatic carbocycles. The van der Waals surface area contributed by atoms with Crippen LogP contribution in [0.2, 0.25) is 0 Å². The number of hydrogen-bond acceptors (Lipinski definition) is 2. The van der Waals surface area contributed by atoms with Gasteiger partial charge in [0, 0.05) is 13.7 Å². The Balaban J connectivity index is 4.35. The van der Waals surface area contributed by atoms with Crippen LogP contribution in [0.5, 0.6) is 0 Å². The fraction of sp³-hybridized carbons (Fsp3) is 0.545. The van der Waals surface area contributed by atoms with Gasteiger partial charge in [0.2, 0.25) is 0 Å². The largest absolute Gasteiger partial charge is 0.385 e. The molecule has 13 heavy (non-hydrogen) atoms. The van der Waals surface area contributed by atoms with Crippen LogP contribution in [0.1, 0.15) is 19.3 Å². The first-order valence-electron chi connectivity index (χ1n) is 4.36. The van der Waals surface area contributed by atoms with Gasteiger partial charge in [0.1, 0.15) is 0 Å². The molecule has 2 heteroatoms. The van der Waals surface area contributed by atoms with Crippen molar-refractivity contribution in [3.8, 4) is 6.07 Å². The Morgan fingerprint density at radius 3 is 2.23 bits per heavy atom. The molecular formula is C11H17NO. The number of nitriles is 1. The molecule has 0 rings (SSSR count). The van der Waals surface area contributed by atoms with E-state index in [4.69, 9.17) is 10.00 Å². The highest BCUT2D eigenvalue weighted by Crippen LogP contribution is 2.30. The molecule has 0 saturated heterocycles. The van der Waals surface area contributed by atoms with Crippen LogP contribution in [-0.4, -0.2) is 13.7 Å². The molecule has 2 nitrogen and oxygen atoms in total. The summed E-state index contributed by atoms with van der Waals surface area (Å²) in [5.74, 6) is 0. The fourth-order valence-electron chi connectivity index (χ4n) is 1.28. The molecule has 0 atom stereocenters. The molecule has 0 N–H and O–H groups in total. The second-order valence-electron chi connectivity index (χ2n) is 3.12. The summed E-state index contributed by atoms with van der Waals surface area (Å²) in [5, 5.41) is 9.06. The van der Waals surface area contributed by atoms with Gasteiger partial charge in [-0.25, -0.2) is 0 Å². The van der Waals surface area contributed by atoms with Crippen molar-refractivity contribution in [3.63, 3.8) is 0 Å². The summed E-state index contributed by atoms with van der Waals surface area (Å²) < 4.78 is 4.97. The first-order chi connectivity index (χ1) is 6.24. The van der Waals surface area contributed by atoms with Crippen LogP contribution in [0.15, 0.2) is 25.3 Å². The van der Waals surface area contributed by atoms with Crippen molar-refractivity contribution in [2.24, 2.45) is 5.41 Å². The van der Waals surface area contributed by atoms with Gasteiger partial charge in [-0.3, -0.25) is 0 Å². The highest BCUT2D eigenvalue weighted by Gasteiger charge is 2.26. The van der Waals surface area contributed by atoms with Crippen LogP contribution in [0.4, 0.5) is 0 Å². The van der Waals surface area contributed by atoms with Crippen LogP contribution in [-0.2, 0) is 4.74 Å². The topological polar surface area (TPSA) is 33.0 Å². The predicted molar refractivity (Wildman–Crippen MR) is 54.2 cm³/mol. The highest BCUT2D eigenvalue weighted by molar-refractivity contribution is 5.05. The number of hydrogen-bond donors (Lipinski definition) is 0. The molecule has 0 amide bonds. The lowest BCUT2D eigenvalue weighted by Crippen LogP contribution is -2.19. The zero-order chi connectivity index (χ0) is 10.2. The van der Waals surface area contributed by atoms with Crippen LogP contribution >= 0.6 is 0 Å². The number of methoxy groups -OCH3 is 1. The first-order valence-corrected chi connectivity index (χ1v) is 4.36. The Morgan fingerprint density at radius 2 is 1.92 bits per heavy atom. The van der Waals surface area contributed by atoms with E-state index >= 15 is 0 Å². The van der Waals surface area contributed by atoms with Crippen LogP contribution in [0.3, 0.4) is 0 Å². The van der Waals surface area contributed by atoms with E-state index in [1.165, 1.54) is 0 Å². The van der Waals surface area contributed by atoms with Gasteiger partial charge in [-0.2, -0.15) is 5.26 Å². The third-order valence-electron chi connectivity index (χ3n) is 2.09. The molecule has 0 aliphatic heterocycles. The van der Waals surface area contributed by atoms with E-state index in [0.29, 0.717) is 19.4 Å². The molecule has 0 aromatic rings. The Kier molecular flexibility index (Phi) is 5.92. The van der Waals surface area contributed by atoms with Gasteiger partial charge in [-0.1, -0.05) is 12.2 Å².